The first-order valence-electron chi connectivity index (χ1n) is 8.85. The molecular weight excluding hydrogens is 596 g/mol. The third-order valence-electron chi connectivity index (χ3n) is 5.27. The molecular formula is C21H19BrINOSeSi. The van der Waals surface area contributed by atoms with Gasteiger partial charge in [-0.25, -0.2) is 0 Å². The molecule has 1 aliphatic rings. The van der Waals surface area contributed by atoms with Gasteiger partial charge in [-0.05, 0) is 0 Å². The quantitative estimate of drug-likeness (QED) is 0.354. The Morgan fingerprint density at radius 1 is 1.26 bits per heavy atom. The van der Waals surface area contributed by atoms with Gasteiger partial charge < -0.3 is 0 Å². The molecule has 138 valence electrons. The number of hydrogen-bond donors (Lipinski definition) is 1. The summed E-state index contributed by atoms with van der Waals surface area (Å²) >= 11 is 6.53. The summed E-state index contributed by atoms with van der Waals surface area (Å²) in [6, 6.07) is 13.3. The van der Waals surface area contributed by atoms with Crippen LogP contribution in [0.1, 0.15) is 13.3 Å². The maximum atomic E-state index is 10.2. The number of nitrogens with zero attached hydrogens (tertiary/aromatic N) is 1. The minimum atomic E-state index is -2.07. The van der Waals surface area contributed by atoms with Gasteiger partial charge in [-0.15, -0.1) is 0 Å². The fourth-order valence-electron chi connectivity index (χ4n) is 4.14. The van der Waals surface area contributed by atoms with Crippen LogP contribution in [0.5, 0.6) is 5.75 Å². The monoisotopic (exact) mass is 615 g/mol. The van der Waals surface area contributed by atoms with Crippen molar-refractivity contribution in [2.24, 2.45) is 4.99 Å². The van der Waals surface area contributed by atoms with Crippen LogP contribution in [0.2, 0.25) is 12.6 Å². The second-order valence-corrected chi connectivity index (χ2v) is 17.2. The molecule has 1 atom stereocenters. The van der Waals surface area contributed by atoms with E-state index in [9.17, 15) is 5.11 Å². The number of rotatable bonds is 3. The summed E-state index contributed by atoms with van der Waals surface area (Å²) in [4.78, 5) is 4.99. The van der Waals surface area contributed by atoms with Crippen LogP contribution < -0.4 is 20.9 Å². The van der Waals surface area contributed by atoms with Crippen molar-refractivity contribution in [1.29, 1.82) is 0 Å². The first-order chi connectivity index (χ1) is 12.8. The number of hydrogen-bond acceptors (Lipinski definition) is 2. The summed E-state index contributed by atoms with van der Waals surface area (Å²) in [7, 11) is -2.07. The molecule has 0 amide bonds. The van der Waals surface area contributed by atoms with E-state index in [1.807, 2.05) is 12.1 Å². The molecule has 0 saturated heterocycles. The standard InChI is InChI=1S/C21H19BrINOSeSi/c1-4-9-27(3)17-10-13(25)6-8-15(17)24-16-7-5-12(2)19(21(16)27)20-14(22)11-18(23)26-20/h5-8,10-11,25H,2,4,9H2,1,3H3. The number of fused-ring (bicyclic) bond motifs is 2. The third-order valence-corrected chi connectivity index (χ3v) is 14.6. The molecule has 27 heavy (non-hydrogen) atoms. The summed E-state index contributed by atoms with van der Waals surface area (Å²) in [6.07, 6.45) is 1.11. The second kappa shape index (κ2) is 7.30. The van der Waals surface area contributed by atoms with Crippen LogP contribution in [0.25, 0.3) is 16.6 Å². The van der Waals surface area contributed by atoms with Crippen LogP contribution in [-0.4, -0.2) is 27.7 Å². The third kappa shape index (κ3) is 3.23. The van der Waals surface area contributed by atoms with Crippen molar-refractivity contribution in [3.63, 3.8) is 0 Å². The Morgan fingerprint density at radius 2 is 2.04 bits per heavy atom. The molecule has 6 heteroatoms. The Kier molecular flexibility index (Phi) is 5.31. The predicted octanol–water partition coefficient (Wildman–Crippen LogP) is 3.76. The zero-order valence-corrected chi connectivity index (χ0v) is 21.6. The van der Waals surface area contributed by atoms with Crippen molar-refractivity contribution in [1.82, 2.24) is 0 Å². The minimum absolute atomic E-state index is 0.293. The van der Waals surface area contributed by atoms with Crippen molar-refractivity contribution >= 4 is 83.7 Å². The normalized spacial score (nSPS) is 17.9. The van der Waals surface area contributed by atoms with Gasteiger partial charge in [0.05, 0.1) is 0 Å². The molecule has 1 aromatic heterocycles. The van der Waals surface area contributed by atoms with Gasteiger partial charge in [-0.1, -0.05) is 0 Å². The summed E-state index contributed by atoms with van der Waals surface area (Å²) < 4.78 is 3.95. The molecule has 2 nitrogen and oxygen atoms in total. The van der Waals surface area contributed by atoms with Crippen LogP contribution in [0, 0.1) is 2.44 Å². The van der Waals surface area contributed by atoms with Crippen molar-refractivity contribution < 1.29 is 5.11 Å². The molecule has 0 aliphatic carbocycles. The van der Waals surface area contributed by atoms with Crippen molar-refractivity contribution in [2.45, 2.75) is 25.9 Å². The summed E-state index contributed by atoms with van der Waals surface area (Å²) in [6.45, 7) is 9.07. The number of aromatic hydroxyl groups is 1. The number of halogens is 2. The van der Waals surface area contributed by atoms with Crippen LogP contribution in [-0.2, 0) is 0 Å². The number of benzene rings is 2. The zero-order valence-electron chi connectivity index (χ0n) is 15.1. The fourth-order valence-corrected chi connectivity index (χ4v) is 13.7. The molecule has 1 unspecified atom stereocenters. The molecule has 0 spiro atoms. The van der Waals surface area contributed by atoms with E-state index in [2.05, 4.69) is 76.8 Å². The second-order valence-electron chi connectivity index (χ2n) is 7.12. The molecule has 0 saturated carbocycles. The van der Waals surface area contributed by atoms with E-state index in [0.717, 1.165) is 28.7 Å². The Balaban J connectivity index is 2.16. The van der Waals surface area contributed by atoms with E-state index in [-0.39, 0.29) is 0 Å². The SMILES string of the molecule is C=c1ccc2c(c1-c1[se]c(I)cc1Br)[Si](C)(CCC)c1cc(O)ccc1N=2. The Hall–Kier alpha value is -0.664. The van der Waals surface area contributed by atoms with E-state index >= 15 is 0 Å². The number of phenols is 1. The Bertz CT molecular complexity index is 1180. The van der Waals surface area contributed by atoms with Gasteiger partial charge in [0.2, 0.25) is 0 Å². The molecule has 0 bridgehead atoms. The summed E-state index contributed by atoms with van der Waals surface area (Å²) in [5.41, 5.74) is 2.31. The zero-order chi connectivity index (χ0) is 19.3. The average molecular weight is 615 g/mol. The van der Waals surface area contributed by atoms with Gasteiger partial charge in [-0.2, -0.15) is 0 Å². The molecule has 1 N–H and O–H groups in total. The molecule has 3 aromatic rings. The summed E-state index contributed by atoms with van der Waals surface area (Å²) in [5, 5.41) is 15.0. The fraction of sp³-hybridized carbons (Fsp3) is 0.190. The molecule has 0 radical (unpaired) electrons. The molecule has 0 fully saturated rings. The van der Waals surface area contributed by atoms with Crippen molar-refractivity contribution in [3.8, 4) is 15.8 Å². The molecule has 2 heterocycles. The van der Waals surface area contributed by atoms with Crippen molar-refractivity contribution in [3.05, 3.63) is 53.9 Å². The van der Waals surface area contributed by atoms with Gasteiger partial charge in [0.1, 0.15) is 0 Å². The van der Waals surface area contributed by atoms with Gasteiger partial charge in [-0.3, -0.25) is 0 Å². The van der Waals surface area contributed by atoms with Gasteiger partial charge >= 0.3 is 189 Å². The van der Waals surface area contributed by atoms with Gasteiger partial charge in [0.25, 0.3) is 0 Å². The average Bonchev–Trinajstić information content (AvgIpc) is 2.95. The first-order valence-corrected chi connectivity index (χ1v) is 15.1. The van der Waals surface area contributed by atoms with Crippen LogP contribution in [0.4, 0.5) is 5.69 Å². The Morgan fingerprint density at radius 3 is 2.70 bits per heavy atom. The van der Waals surface area contributed by atoms with Gasteiger partial charge in [0.15, 0.2) is 0 Å². The molecule has 1 aliphatic heterocycles. The first kappa shape index (κ1) is 19.6. The predicted molar refractivity (Wildman–Crippen MR) is 129 cm³/mol. The van der Waals surface area contributed by atoms with E-state index in [4.69, 9.17) is 4.99 Å². The molecule has 2 aromatic carbocycles. The van der Waals surface area contributed by atoms with Crippen LogP contribution >= 0.6 is 38.5 Å². The van der Waals surface area contributed by atoms with E-state index < -0.39 is 8.07 Å². The Labute approximate surface area is 188 Å². The van der Waals surface area contributed by atoms with Crippen LogP contribution in [0.3, 0.4) is 0 Å². The van der Waals surface area contributed by atoms with Gasteiger partial charge in [0, 0.05) is 0 Å². The maximum absolute atomic E-state index is 10.2. The van der Waals surface area contributed by atoms with E-state index in [1.165, 1.54) is 27.3 Å². The van der Waals surface area contributed by atoms with E-state index in [0.29, 0.717) is 20.3 Å². The van der Waals surface area contributed by atoms with Crippen molar-refractivity contribution in [2.75, 3.05) is 0 Å². The van der Waals surface area contributed by atoms with Crippen LogP contribution in [0.15, 0.2) is 45.9 Å². The topological polar surface area (TPSA) is 32.6 Å². The number of phenolic OH excluding ortho intramolecular Hbond substituents is 1. The molecule has 4 rings (SSSR count). The van der Waals surface area contributed by atoms with E-state index in [1.54, 1.807) is 6.07 Å². The summed E-state index contributed by atoms with van der Waals surface area (Å²) in [5.74, 6) is 0.330.